The molecule has 1 fully saturated rings. The summed E-state index contributed by atoms with van der Waals surface area (Å²) < 4.78 is 11.0. The van der Waals surface area contributed by atoms with Gasteiger partial charge < -0.3 is 15.2 Å². The molecule has 0 bridgehead atoms. The van der Waals surface area contributed by atoms with Crippen LogP contribution in [0, 0.1) is 6.92 Å². The first kappa shape index (κ1) is 10.4. The number of anilines is 1. The van der Waals surface area contributed by atoms with Crippen molar-refractivity contribution in [1.29, 1.82) is 0 Å². The standard InChI is InChI=1S/C13H14N2O2/c1-8-4-10-11(5-15-8)12(14)2-3-13(10)17-9-6-16-7-9/h2-5,9H,6-7,14H2,1H3. The monoisotopic (exact) mass is 230 g/mol. The number of aryl methyl sites for hydroxylation is 1. The molecule has 2 heterocycles. The summed E-state index contributed by atoms with van der Waals surface area (Å²) in [6.07, 6.45) is 1.96. The number of hydrogen-bond donors (Lipinski definition) is 1. The molecule has 17 heavy (non-hydrogen) atoms. The van der Waals surface area contributed by atoms with Crippen molar-refractivity contribution in [3.63, 3.8) is 0 Å². The molecule has 0 saturated carbocycles. The molecule has 2 aromatic rings. The lowest BCUT2D eigenvalue weighted by Crippen LogP contribution is -2.38. The molecule has 1 aliphatic heterocycles. The third kappa shape index (κ3) is 1.80. The lowest BCUT2D eigenvalue weighted by molar-refractivity contribution is -0.0790. The maximum absolute atomic E-state index is 5.93. The van der Waals surface area contributed by atoms with Gasteiger partial charge in [0.15, 0.2) is 0 Å². The number of fused-ring (bicyclic) bond motifs is 1. The van der Waals surface area contributed by atoms with E-state index in [0.717, 1.165) is 27.9 Å². The van der Waals surface area contributed by atoms with Gasteiger partial charge in [-0.15, -0.1) is 0 Å². The van der Waals surface area contributed by atoms with Gasteiger partial charge in [-0.3, -0.25) is 4.98 Å². The molecule has 4 heteroatoms. The number of aromatic nitrogens is 1. The first-order valence-corrected chi connectivity index (χ1v) is 5.63. The molecule has 4 nitrogen and oxygen atoms in total. The molecule has 2 N–H and O–H groups in total. The van der Waals surface area contributed by atoms with Crippen LogP contribution in [0.3, 0.4) is 0 Å². The summed E-state index contributed by atoms with van der Waals surface area (Å²) in [5, 5.41) is 1.96. The molecule has 1 aliphatic rings. The quantitative estimate of drug-likeness (QED) is 0.800. The highest BCUT2D eigenvalue weighted by Gasteiger charge is 2.21. The second-order valence-electron chi connectivity index (χ2n) is 4.30. The Morgan fingerprint density at radius 3 is 2.88 bits per heavy atom. The highest BCUT2D eigenvalue weighted by molar-refractivity contribution is 5.96. The van der Waals surface area contributed by atoms with E-state index in [1.54, 1.807) is 6.20 Å². The fourth-order valence-corrected chi connectivity index (χ4v) is 1.90. The molecule has 88 valence electrons. The maximum Gasteiger partial charge on any atom is 0.145 e. The number of nitrogens with two attached hydrogens (primary N) is 1. The Bertz CT molecular complexity index is 565. The first-order valence-electron chi connectivity index (χ1n) is 5.63. The predicted molar refractivity (Wildman–Crippen MR) is 66.1 cm³/mol. The van der Waals surface area contributed by atoms with E-state index in [-0.39, 0.29) is 6.10 Å². The summed E-state index contributed by atoms with van der Waals surface area (Å²) >= 11 is 0. The summed E-state index contributed by atoms with van der Waals surface area (Å²) in [7, 11) is 0. The van der Waals surface area contributed by atoms with Crippen LogP contribution >= 0.6 is 0 Å². The van der Waals surface area contributed by atoms with Gasteiger partial charge in [-0.25, -0.2) is 0 Å². The lowest BCUT2D eigenvalue weighted by atomic mass is 10.1. The molecule has 0 radical (unpaired) electrons. The van der Waals surface area contributed by atoms with E-state index in [2.05, 4.69) is 4.98 Å². The predicted octanol–water partition coefficient (Wildman–Crippen LogP) is 1.90. The normalized spacial score (nSPS) is 15.8. The third-order valence-electron chi connectivity index (χ3n) is 2.93. The number of benzene rings is 1. The fraction of sp³-hybridized carbons (Fsp3) is 0.308. The zero-order valence-corrected chi connectivity index (χ0v) is 9.64. The molecular formula is C13H14N2O2. The van der Waals surface area contributed by atoms with Crippen LogP contribution in [-0.4, -0.2) is 24.3 Å². The van der Waals surface area contributed by atoms with Crippen LogP contribution in [0.25, 0.3) is 10.8 Å². The van der Waals surface area contributed by atoms with Crippen molar-refractivity contribution in [2.24, 2.45) is 0 Å². The largest absolute Gasteiger partial charge is 0.485 e. The molecule has 1 saturated heterocycles. The van der Waals surface area contributed by atoms with Gasteiger partial charge in [0.05, 0.1) is 13.2 Å². The first-order chi connectivity index (χ1) is 8.24. The van der Waals surface area contributed by atoms with E-state index in [1.165, 1.54) is 0 Å². The van der Waals surface area contributed by atoms with Gasteiger partial charge in [0.25, 0.3) is 0 Å². The number of nitrogen functional groups attached to an aromatic ring is 1. The van der Waals surface area contributed by atoms with Crippen molar-refractivity contribution in [3.05, 3.63) is 30.1 Å². The maximum atomic E-state index is 5.93. The van der Waals surface area contributed by atoms with Crippen molar-refractivity contribution in [2.45, 2.75) is 13.0 Å². The van der Waals surface area contributed by atoms with E-state index in [9.17, 15) is 0 Å². The zero-order valence-electron chi connectivity index (χ0n) is 9.64. The van der Waals surface area contributed by atoms with Gasteiger partial charge >= 0.3 is 0 Å². The molecule has 3 rings (SSSR count). The Labute approximate surface area is 99.4 Å². The number of hydrogen-bond acceptors (Lipinski definition) is 4. The average Bonchev–Trinajstić information content (AvgIpc) is 2.26. The van der Waals surface area contributed by atoms with Crippen molar-refractivity contribution in [2.75, 3.05) is 18.9 Å². The summed E-state index contributed by atoms with van der Waals surface area (Å²) in [5.41, 5.74) is 7.62. The summed E-state index contributed by atoms with van der Waals surface area (Å²) in [6.45, 7) is 3.28. The van der Waals surface area contributed by atoms with Crippen molar-refractivity contribution < 1.29 is 9.47 Å². The van der Waals surface area contributed by atoms with Crippen LogP contribution in [0.1, 0.15) is 5.69 Å². The molecule has 0 amide bonds. The Balaban J connectivity index is 2.09. The molecule has 0 aliphatic carbocycles. The van der Waals surface area contributed by atoms with E-state index in [0.29, 0.717) is 13.2 Å². The number of pyridine rings is 1. The van der Waals surface area contributed by atoms with Gasteiger partial charge in [-0.2, -0.15) is 0 Å². The van der Waals surface area contributed by atoms with Gasteiger partial charge in [0, 0.05) is 28.4 Å². The number of ether oxygens (including phenoxy) is 2. The SMILES string of the molecule is Cc1cc2c(OC3COC3)ccc(N)c2cn1. The van der Waals surface area contributed by atoms with E-state index in [1.807, 2.05) is 25.1 Å². The van der Waals surface area contributed by atoms with Crippen molar-refractivity contribution >= 4 is 16.5 Å². The minimum absolute atomic E-state index is 0.162. The lowest BCUT2D eigenvalue weighted by Gasteiger charge is -2.27. The Hall–Kier alpha value is -1.81. The summed E-state index contributed by atoms with van der Waals surface area (Å²) in [5.74, 6) is 0.855. The van der Waals surface area contributed by atoms with Crippen LogP contribution in [0.5, 0.6) is 5.75 Å². The molecule has 0 atom stereocenters. The van der Waals surface area contributed by atoms with E-state index < -0.39 is 0 Å². The highest BCUT2D eigenvalue weighted by atomic mass is 16.6. The molecular weight excluding hydrogens is 216 g/mol. The number of rotatable bonds is 2. The minimum Gasteiger partial charge on any atom is -0.485 e. The average molecular weight is 230 g/mol. The topological polar surface area (TPSA) is 57.4 Å². The van der Waals surface area contributed by atoms with Crippen LogP contribution < -0.4 is 10.5 Å². The van der Waals surface area contributed by atoms with Gasteiger partial charge in [0.1, 0.15) is 11.9 Å². The summed E-state index contributed by atoms with van der Waals surface area (Å²) in [4.78, 5) is 4.26. The molecule has 0 spiro atoms. The second-order valence-corrected chi connectivity index (χ2v) is 4.30. The molecule has 1 aromatic carbocycles. The van der Waals surface area contributed by atoms with Gasteiger partial charge in [-0.1, -0.05) is 0 Å². The van der Waals surface area contributed by atoms with Crippen molar-refractivity contribution in [1.82, 2.24) is 4.98 Å². The van der Waals surface area contributed by atoms with Crippen LogP contribution in [0.2, 0.25) is 0 Å². The van der Waals surface area contributed by atoms with E-state index >= 15 is 0 Å². The van der Waals surface area contributed by atoms with E-state index in [4.69, 9.17) is 15.2 Å². The fourth-order valence-electron chi connectivity index (χ4n) is 1.90. The Kier molecular flexibility index (Phi) is 2.37. The van der Waals surface area contributed by atoms with Crippen LogP contribution in [-0.2, 0) is 4.74 Å². The van der Waals surface area contributed by atoms with Crippen molar-refractivity contribution in [3.8, 4) is 5.75 Å². The third-order valence-corrected chi connectivity index (χ3v) is 2.93. The van der Waals surface area contributed by atoms with Crippen LogP contribution in [0.4, 0.5) is 5.69 Å². The number of nitrogens with zero attached hydrogens (tertiary/aromatic N) is 1. The Morgan fingerprint density at radius 1 is 1.35 bits per heavy atom. The Morgan fingerprint density at radius 2 is 2.18 bits per heavy atom. The highest BCUT2D eigenvalue weighted by Crippen LogP contribution is 2.31. The van der Waals surface area contributed by atoms with Gasteiger partial charge in [-0.05, 0) is 25.1 Å². The second kappa shape index (κ2) is 3.89. The van der Waals surface area contributed by atoms with Gasteiger partial charge in [0.2, 0.25) is 0 Å². The zero-order chi connectivity index (χ0) is 11.8. The minimum atomic E-state index is 0.162. The smallest absolute Gasteiger partial charge is 0.145 e. The summed E-state index contributed by atoms with van der Waals surface area (Å²) in [6, 6.07) is 5.77. The molecule has 0 unspecified atom stereocenters. The van der Waals surface area contributed by atoms with Crippen LogP contribution in [0.15, 0.2) is 24.4 Å². The molecule has 1 aromatic heterocycles.